The van der Waals surface area contributed by atoms with Crippen molar-refractivity contribution >= 4 is 21.4 Å². The molecular weight excluding hydrogens is 350 g/mol. The normalized spacial score (nSPS) is 11.7. The standard InChI is InChI=1S/C15H15N3O4S2/c19-14-7-6-12(13-4-1-10-22-13)17-18(14)9-3-8-16-24(20,21)15-5-2-11-23-15/h1-2,4-7,10-11,16H,3,8-9H2. The van der Waals surface area contributed by atoms with Crippen LogP contribution in [-0.4, -0.2) is 24.7 Å². The van der Waals surface area contributed by atoms with Gasteiger partial charge in [0.2, 0.25) is 10.0 Å². The Kier molecular flexibility index (Phi) is 4.93. The molecule has 0 aliphatic carbocycles. The van der Waals surface area contributed by atoms with Crippen LogP contribution >= 0.6 is 11.3 Å². The van der Waals surface area contributed by atoms with Crippen molar-refractivity contribution < 1.29 is 12.8 Å². The number of sulfonamides is 1. The Balaban J connectivity index is 1.61. The summed E-state index contributed by atoms with van der Waals surface area (Å²) < 4.78 is 33.3. The molecule has 0 amide bonds. The highest BCUT2D eigenvalue weighted by molar-refractivity contribution is 7.91. The van der Waals surface area contributed by atoms with Crippen LogP contribution in [0.2, 0.25) is 0 Å². The van der Waals surface area contributed by atoms with Crippen LogP contribution in [0.5, 0.6) is 0 Å². The van der Waals surface area contributed by atoms with Crippen molar-refractivity contribution in [1.82, 2.24) is 14.5 Å². The molecule has 0 aliphatic heterocycles. The van der Waals surface area contributed by atoms with Gasteiger partial charge in [0.1, 0.15) is 9.90 Å². The average Bonchev–Trinajstić information content (AvgIpc) is 3.26. The number of hydrogen-bond donors (Lipinski definition) is 1. The summed E-state index contributed by atoms with van der Waals surface area (Å²) >= 11 is 1.16. The largest absolute Gasteiger partial charge is 0.463 e. The molecule has 0 bridgehead atoms. The third-order valence-corrected chi connectivity index (χ3v) is 6.10. The summed E-state index contributed by atoms with van der Waals surface area (Å²) in [4.78, 5) is 11.9. The van der Waals surface area contributed by atoms with Gasteiger partial charge >= 0.3 is 0 Å². The molecule has 3 aromatic rings. The van der Waals surface area contributed by atoms with Crippen LogP contribution < -0.4 is 10.3 Å². The van der Waals surface area contributed by atoms with Crippen LogP contribution in [0.3, 0.4) is 0 Å². The van der Waals surface area contributed by atoms with E-state index in [0.29, 0.717) is 24.4 Å². The second-order valence-corrected chi connectivity index (χ2v) is 7.88. The highest BCUT2D eigenvalue weighted by atomic mass is 32.2. The molecule has 0 saturated heterocycles. The number of rotatable bonds is 7. The van der Waals surface area contributed by atoms with E-state index in [0.717, 1.165) is 11.3 Å². The van der Waals surface area contributed by atoms with Crippen molar-refractivity contribution in [3.63, 3.8) is 0 Å². The maximum absolute atomic E-state index is 12.0. The van der Waals surface area contributed by atoms with Gasteiger partial charge in [0.15, 0.2) is 5.76 Å². The van der Waals surface area contributed by atoms with Gasteiger partial charge in [0.05, 0.1) is 6.26 Å². The van der Waals surface area contributed by atoms with Crippen LogP contribution in [0.25, 0.3) is 11.5 Å². The molecule has 7 nitrogen and oxygen atoms in total. The molecule has 0 radical (unpaired) electrons. The van der Waals surface area contributed by atoms with Crippen molar-refractivity contribution in [1.29, 1.82) is 0 Å². The molecule has 0 saturated carbocycles. The maximum atomic E-state index is 12.0. The predicted octanol–water partition coefficient (Wildman–Crippen LogP) is 1.93. The molecule has 3 heterocycles. The lowest BCUT2D eigenvalue weighted by Crippen LogP contribution is -2.27. The van der Waals surface area contributed by atoms with Crippen LogP contribution in [0.15, 0.2) is 61.5 Å². The van der Waals surface area contributed by atoms with Gasteiger partial charge in [0.25, 0.3) is 5.56 Å². The highest BCUT2D eigenvalue weighted by Gasteiger charge is 2.14. The fraction of sp³-hybridized carbons (Fsp3) is 0.200. The molecule has 0 aliphatic rings. The Morgan fingerprint density at radius 3 is 2.79 bits per heavy atom. The van der Waals surface area contributed by atoms with E-state index < -0.39 is 10.0 Å². The number of nitrogens with one attached hydrogen (secondary N) is 1. The van der Waals surface area contributed by atoms with E-state index in [2.05, 4.69) is 9.82 Å². The third-order valence-electron chi connectivity index (χ3n) is 3.24. The first kappa shape index (κ1) is 16.6. The van der Waals surface area contributed by atoms with Crippen LogP contribution in [0, 0.1) is 0 Å². The first-order chi connectivity index (χ1) is 11.6. The molecular formula is C15H15N3O4S2. The Bertz CT molecular complexity index is 945. The van der Waals surface area contributed by atoms with E-state index in [1.54, 1.807) is 35.7 Å². The van der Waals surface area contributed by atoms with Crippen molar-refractivity contribution in [2.75, 3.05) is 6.54 Å². The Labute approximate surface area is 142 Å². The summed E-state index contributed by atoms with van der Waals surface area (Å²) in [5.41, 5.74) is 0.310. The summed E-state index contributed by atoms with van der Waals surface area (Å²) in [6.07, 6.45) is 1.98. The van der Waals surface area contributed by atoms with Gasteiger partial charge in [-0.2, -0.15) is 5.10 Å². The van der Waals surface area contributed by atoms with E-state index in [1.165, 1.54) is 17.0 Å². The number of nitrogens with zero attached hydrogens (tertiary/aromatic N) is 2. The zero-order valence-electron chi connectivity index (χ0n) is 12.6. The molecule has 3 rings (SSSR count). The number of furan rings is 1. The van der Waals surface area contributed by atoms with Crippen LogP contribution in [-0.2, 0) is 16.6 Å². The molecule has 3 aromatic heterocycles. The molecule has 24 heavy (non-hydrogen) atoms. The van der Waals surface area contributed by atoms with E-state index in [1.807, 2.05) is 0 Å². The zero-order chi connectivity index (χ0) is 17.0. The lowest BCUT2D eigenvalue weighted by atomic mass is 10.3. The number of hydrogen-bond acceptors (Lipinski definition) is 6. The summed E-state index contributed by atoms with van der Waals surface area (Å²) in [6, 6.07) is 9.74. The van der Waals surface area contributed by atoms with Gasteiger partial charge in [-0.05, 0) is 36.1 Å². The molecule has 0 fully saturated rings. The predicted molar refractivity (Wildman–Crippen MR) is 90.3 cm³/mol. The lowest BCUT2D eigenvalue weighted by Gasteiger charge is -2.07. The first-order valence-electron chi connectivity index (χ1n) is 7.21. The molecule has 9 heteroatoms. The summed E-state index contributed by atoms with van der Waals surface area (Å²) in [6.45, 7) is 0.527. The monoisotopic (exact) mass is 365 g/mol. The molecule has 0 aromatic carbocycles. The smallest absolute Gasteiger partial charge is 0.266 e. The highest BCUT2D eigenvalue weighted by Crippen LogP contribution is 2.16. The summed E-state index contributed by atoms with van der Waals surface area (Å²) in [5, 5.41) is 5.94. The molecule has 0 atom stereocenters. The topological polar surface area (TPSA) is 94.2 Å². The van der Waals surface area contributed by atoms with Crippen molar-refractivity contribution in [3.05, 3.63) is 58.4 Å². The summed E-state index contributed by atoms with van der Waals surface area (Å²) in [7, 11) is -3.48. The minimum absolute atomic E-state index is 0.222. The Morgan fingerprint density at radius 1 is 1.21 bits per heavy atom. The third kappa shape index (κ3) is 3.81. The minimum Gasteiger partial charge on any atom is -0.463 e. The zero-order valence-corrected chi connectivity index (χ0v) is 14.2. The second-order valence-electron chi connectivity index (χ2n) is 4.94. The quantitative estimate of drug-likeness (QED) is 0.646. The fourth-order valence-corrected chi connectivity index (χ4v) is 4.20. The SMILES string of the molecule is O=c1ccc(-c2ccco2)nn1CCCNS(=O)(=O)c1cccs1. The van der Waals surface area contributed by atoms with Crippen molar-refractivity contribution in [3.8, 4) is 11.5 Å². The molecule has 126 valence electrons. The van der Waals surface area contributed by atoms with E-state index in [4.69, 9.17) is 4.42 Å². The maximum Gasteiger partial charge on any atom is 0.266 e. The number of aryl methyl sites for hydroxylation is 1. The van der Waals surface area contributed by atoms with E-state index in [9.17, 15) is 13.2 Å². The number of aromatic nitrogens is 2. The van der Waals surface area contributed by atoms with Crippen molar-refractivity contribution in [2.24, 2.45) is 0 Å². The Morgan fingerprint density at radius 2 is 2.08 bits per heavy atom. The summed E-state index contributed by atoms with van der Waals surface area (Å²) in [5.74, 6) is 0.571. The van der Waals surface area contributed by atoms with Gasteiger partial charge in [0, 0.05) is 19.2 Å². The molecule has 1 N–H and O–H groups in total. The first-order valence-corrected chi connectivity index (χ1v) is 9.58. The van der Waals surface area contributed by atoms with Gasteiger partial charge in [-0.1, -0.05) is 6.07 Å². The number of thiophene rings is 1. The lowest BCUT2D eigenvalue weighted by molar-refractivity contribution is 0.529. The van der Waals surface area contributed by atoms with E-state index >= 15 is 0 Å². The van der Waals surface area contributed by atoms with Gasteiger partial charge in [-0.15, -0.1) is 11.3 Å². The second kappa shape index (κ2) is 7.12. The van der Waals surface area contributed by atoms with Gasteiger partial charge in [-0.3, -0.25) is 4.79 Å². The van der Waals surface area contributed by atoms with Gasteiger partial charge in [-0.25, -0.2) is 17.8 Å². The van der Waals surface area contributed by atoms with Crippen LogP contribution in [0.4, 0.5) is 0 Å². The average molecular weight is 365 g/mol. The Hall–Kier alpha value is -2.23. The van der Waals surface area contributed by atoms with Gasteiger partial charge < -0.3 is 4.42 Å². The molecule has 0 spiro atoms. The fourth-order valence-electron chi connectivity index (χ4n) is 2.09. The molecule has 0 unspecified atom stereocenters. The minimum atomic E-state index is -3.48. The van der Waals surface area contributed by atoms with Crippen LogP contribution in [0.1, 0.15) is 6.42 Å². The van der Waals surface area contributed by atoms with E-state index in [-0.39, 0.29) is 16.3 Å². The van der Waals surface area contributed by atoms with Crippen molar-refractivity contribution in [2.45, 2.75) is 17.2 Å².